The number of pyridine rings is 1. The molecule has 2 aromatic heterocycles. The number of fused-ring (bicyclic) bond motifs is 1. The highest BCUT2D eigenvalue weighted by atomic mass is 19.1. The number of carbonyl (C=O) groups excluding carboxylic acids is 1. The van der Waals surface area contributed by atoms with Gasteiger partial charge >= 0.3 is 0 Å². The molecule has 27 heavy (non-hydrogen) atoms. The zero-order valence-electron chi connectivity index (χ0n) is 16.4. The molecule has 0 aliphatic rings. The molecule has 5 nitrogen and oxygen atoms in total. The molecule has 0 saturated heterocycles. The second kappa shape index (κ2) is 7.47. The first kappa shape index (κ1) is 19.0. The van der Waals surface area contributed by atoms with Crippen LogP contribution in [0, 0.1) is 11.7 Å². The highest BCUT2D eigenvalue weighted by molar-refractivity contribution is 6.07. The molecule has 0 aliphatic carbocycles. The molecule has 0 spiro atoms. The van der Waals surface area contributed by atoms with Gasteiger partial charge in [0.25, 0.3) is 5.91 Å². The molecule has 142 valence electrons. The van der Waals surface area contributed by atoms with Gasteiger partial charge in [0.1, 0.15) is 5.82 Å². The van der Waals surface area contributed by atoms with Crippen LogP contribution in [-0.2, 0) is 0 Å². The lowest BCUT2D eigenvalue weighted by molar-refractivity contribution is 0.0781. The van der Waals surface area contributed by atoms with E-state index in [4.69, 9.17) is 0 Å². The molecule has 0 radical (unpaired) electrons. The van der Waals surface area contributed by atoms with Crippen molar-refractivity contribution in [2.75, 3.05) is 13.6 Å². The van der Waals surface area contributed by atoms with Crippen LogP contribution in [0.15, 0.2) is 36.7 Å². The van der Waals surface area contributed by atoms with E-state index in [1.807, 2.05) is 24.7 Å². The van der Waals surface area contributed by atoms with Gasteiger partial charge in [-0.05, 0) is 38.0 Å². The maximum Gasteiger partial charge on any atom is 0.254 e. The second-order valence-electron chi connectivity index (χ2n) is 7.60. The van der Waals surface area contributed by atoms with Crippen molar-refractivity contribution in [3.63, 3.8) is 0 Å². The fourth-order valence-corrected chi connectivity index (χ4v) is 3.12. The van der Waals surface area contributed by atoms with E-state index in [2.05, 4.69) is 23.9 Å². The number of amides is 1. The third kappa shape index (κ3) is 3.99. The third-order valence-corrected chi connectivity index (χ3v) is 4.41. The smallest absolute Gasteiger partial charge is 0.254 e. The van der Waals surface area contributed by atoms with Crippen molar-refractivity contribution in [2.24, 2.45) is 5.92 Å². The van der Waals surface area contributed by atoms with Crippen LogP contribution >= 0.6 is 0 Å². The number of hydrogen-bond acceptors (Lipinski definition) is 3. The maximum absolute atomic E-state index is 13.8. The summed E-state index contributed by atoms with van der Waals surface area (Å²) < 4.78 is 15.6. The monoisotopic (exact) mass is 368 g/mol. The molecule has 0 bridgehead atoms. The molecule has 6 heteroatoms. The molecular weight excluding hydrogens is 343 g/mol. The van der Waals surface area contributed by atoms with Gasteiger partial charge < -0.3 is 4.90 Å². The highest BCUT2D eigenvalue weighted by Crippen LogP contribution is 2.27. The zero-order chi connectivity index (χ0) is 19.7. The summed E-state index contributed by atoms with van der Waals surface area (Å²) in [6.45, 7) is 8.85. The molecule has 0 N–H and O–H groups in total. The average molecular weight is 368 g/mol. The Labute approximate surface area is 158 Å². The molecule has 3 aromatic rings. The van der Waals surface area contributed by atoms with Crippen molar-refractivity contribution in [3.05, 3.63) is 48.0 Å². The number of nitrogens with zero attached hydrogens (tertiary/aromatic N) is 4. The topological polar surface area (TPSA) is 51.0 Å². The van der Waals surface area contributed by atoms with Gasteiger partial charge in [0.15, 0.2) is 0 Å². The Hall–Kier alpha value is -2.76. The Balaban J connectivity index is 2.14. The van der Waals surface area contributed by atoms with Crippen LogP contribution in [0.1, 0.15) is 44.1 Å². The van der Waals surface area contributed by atoms with Crippen LogP contribution in [0.25, 0.3) is 22.2 Å². The molecule has 1 aromatic carbocycles. The Bertz CT molecular complexity index is 977. The van der Waals surface area contributed by atoms with Crippen LogP contribution < -0.4 is 0 Å². The van der Waals surface area contributed by atoms with Gasteiger partial charge in [-0.3, -0.25) is 9.48 Å². The first-order valence-corrected chi connectivity index (χ1v) is 9.16. The summed E-state index contributed by atoms with van der Waals surface area (Å²) in [7, 11) is 1.79. The van der Waals surface area contributed by atoms with E-state index < -0.39 is 0 Å². The van der Waals surface area contributed by atoms with Crippen molar-refractivity contribution in [2.45, 2.75) is 33.7 Å². The van der Waals surface area contributed by atoms with E-state index in [1.165, 1.54) is 12.1 Å². The minimum atomic E-state index is -0.376. The summed E-state index contributed by atoms with van der Waals surface area (Å²) >= 11 is 0. The average Bonchev–Trinajstić information content (AvgIpc) is 3.09. The van der Waals surface area contributed by atoms with E-state index in [0.717, 1.165) is 5.56 Å². The quantitative estimate of drug-likeness (QED) is 0.664. The fourth-order valence-electron chi connectivity index (χ4n) is 3.12. The molecule has 0 aliphatic heterocycles. The first-order chi connectivity index (χ1) is 12.8. The van der Waals surface area contributed by atoms with E-state index in [0.29, 0.717) is 34.6 Å². The lowest BCUT2D eigenvalue weighted by Crippen LogP contribution is -2.30. The largest absolute Gasteiger partial charge is 0.341 e. The number of benzene rings is 1. The van der Waals surface area contributed by atoms with Gasteiger partial charge in [-0.25, -0.2) is 9.37 Å². The third-order valence-electron chi connectivity index (χ3n) is 4.41. The Morgan fingerprint density at radius 3 is 2.59 bits per heavy atom. The van der Waals surface area contributed by atoms with Crippen molar-refractivity contribution in [1.29, 1.82) is 0 Å². The maximum atomic E-state index is 13.8. The Morgan fingerprint density at radius 1 is 1.22 bits per heavy atom. The van der Waals surface area contributed by atoms with Crippen molar-refractivity contribution in [3.8, 4) is 11.3 Å². The Kier molecular flexibility index (Phi) is 5.26. The molecule has 1 amide bonds. The molecule has 3 rings (SSSR count). The standard InChI is InChI=1S/C21H25FN4O/c1-13(2)11-25(5)21(27)18-9-19(15-10-23-26(12-15)14(3)4)24-20-8-16(22)6-7-17(18)20/h6-10,12-14H,11H2,1-5H3. The van der Waals surface area contributed by atoms with Crippen LogP contribution in [-0.4, -0.2) is 39.2 Å². The van der Waals surface area contributed by atoms with Crippen LogP contribution in [0.3, 0.4) is 0 Å². The number of halogens is 1. The number of hydrogen-bond donors (Lipinski definition) is 0. The van der Waals surface area contributed by atoms with Crippen LogP contribution in [0.2, 0.25) is 0 Å². The van der Waals surface area contributed by atoms with E-state index in [-0.39, 0.29) is 17.8 Å². The lowest BCUT2D eigenvalue weighted by Gasteiger charge is -2.20. The van der Waals surface area contributed by atoms with E-state index in [1.54, 1.807) is 30.3 Å². The molecule has 0 saturated carbocycles. The predicted molar refractivity (Wildman–Crippen MR) is 105 cm³/mol. The van der Waals surface area contributed by atoms with Gasteiger partial charge in [0.05, 0.1) is 23.0 Å². The molecule has 0 atom stereocenters. The van der Waals surface area contributed by atoms with Crippen LogP contribution in [0.5, 0.6) is 0 Å². The summed E-state index contributed by atoms with van der Waals surface area (Å²) in [5.41, 5.74) is 2.40. The van der Waals surface area contributed by atoms with Crippen molar-refractivity contribution >= 4 is 16.8 Å². The van der Waals surface area contributed by atoms with Gasteiger partial charge in [-0.15, -0.1) is 0 Å². The first-order valence-electron chi connectivity index (χ1n) is 9.16. The van der Waals surface area contributed by atoms with Crippen molar-refractivity contribution < 1.29 is 9.18 Å². The van der Waals surface area contributed by atoms with Gasteiger partial charge in [-0.1, -0.05) is 13.8 Å². The molecular formula is C21H25FN4O. The zero-order valence-corrected chi connectivity index (χ0v) is 16.4. The summed E-state index contributed by atoms with van der Waals surface area (Å²) in [5.74, 6) is -0.118. The SMILES string of the molecule is CC(C)CN(C)C(=O)c1cc(-c2cnn(C(C)C)c2)nc2cc(F)ccc12. The second-order valence-corrected chi connectivity index (χ2v) is 7.60. The predicted octanol–water partition coefficient (Wildman–Crippen LogP) is 4.55. The van der Waals surface area contributed by atoms with E-state index >= 15 is 0 Å². The van der Waals surface area contributed by atoms with Gasteiger partial charge in [-0.2, -0.15) is 5.10 Å². The summed E-state index contributed by atoms with van der Waals surface area (Å²) in [5, 5.41) is 5.00. The number of rotatable bonds is 5. The summed E-state index contributed by atoms with van der Waals surface area (Å²) in [6, 6.07) is 6.34. The minimum Gasteiger partial charge on any atom is -0.341 e. The minimum absolute atomic E-state index is 0.0970. The van der Waals surface area contributed by atoms with Crippen LogP contribution in [0.4, 0.5) is 4.39 Å². The summed E-state index contributed by atoms with van der Waals surface area (Å²) in [4.78, 5) is 19.3. The Morgan fingerprint density at radius 2 is 1.96 bits per heavy atom. The fraction of sp³-hybridized carbons (Fsp3) is 0.381. The number of aromatic nitrogens is 3. The van der Waals surface area contributed by atoms with Crippen molar-refractivity contribution in [1.82, 2.24) is 19.7 Å². The molecule has 0 fully saturated rings. The lowest BCUT2D eigenvalue weighted by atomic mass is 10.0. The number of carbonyl (C=O) groups is 1. The molecule has 2 heterocycles. The highest BCUT2D eigenvalue weighted by Gasteiger charge is 2.19. The van der Waals surface area contributed by atoms with Gasteiger partial charge in [0, 0.05) is 42.8 Å². The van der Waals surface area contributed by atoms with Gasteiger partial charge in [0.2, 0.25) is 0 Å². The van der Waals surface area contributed by atoms with E-state index in [9.17, 15) is 9.18 Å². The molecule has 0 unspecified atom stereocenters. The normalized spacial score (nSPS) is 11.6. The summed E-state index contributed by atoms with van der Waals surface area (Å²) in [6.07, 6.45) is 3.61.